The van der Waals surface area contributed by atoms with Gasteiger partial charge in [-0.2, -0.15) is 0 Å². The van der Waals surface area contributed by atoms with E-state index in [1.54, 1.807) is 0 Å². The molecule has 0 aromatic carbocycles. The molecule has 4 nitrogen and oxygen atoms in total. The Morgan fingerprint density at radius 3 is 2.36 bits per heavy atom. The Labute approximate surface area is 141 Å². The number of nitrogens with two attached hydrogens (primary N) is 1. The highest BCUT2D eigenvalue weighted by Gasteiger charge is 2.63. The Morgan fingerprint density at radius 1 is 1.27 bits per heavy atom. The van der Waals surface area contributed by atoms with Crippen LogP contribution in [0, 0.1) is 11.3 Å². The van der Waals surface area contributed by atoms with Crippen molar-refractivity contribution in [3.8, 4) is 0 Å². The van der Waals surface area contributed by atoms with Crippen molar-refractivity contribution in [3.05, 3.63) is 0 Å². The lowest BCUT2D eigenvalue weighted by atomic mass is 9.54. The molecule has 2 unspecified atom stereocenters. The van der Waals surface area contributed by atoms with Gasteiger partial charge in [0.2, 0.25) is 5.91 Å². The molecular formula is C17H33ClN2O2. The Balaban J connectivity index is 0.00000242. The number of likely N-dealkylation sites (N-methyl/N-ethyl adjacent to an activating group) is 1. The molecule has 2 aliphatic carbocycles. The summed E-state index contributed by atoms with van der Waals surface area (Å²) < 4.78 is 5.72. The van der Waals surface area contributed by atoms with E-state index in [0.717, 1.165) is 6.54 Å². The molecule has 2 rings (SSSR count). The lowest BCUT2D eigenvalue weighted by Gasteiger charge is -2.58. The molecule has 130 valence electrons. The topological polar surface area (TPSA) is 55.6 Å². The molecule has 1 amide bonds. The predicted molar refractivity (Wildman–Crippen MR) is 92.2 cm³/mol. The number of carbonyl (C=O) groups is 1. The molecule has 0 spiro atoms. The summed E-state index contributed by atoms with van der Waals surface area (Å²) >= 11 is 0. The molecule has 22 heavy (non-hydrogen) atoms. The number of hydrogen-bond donors (Lipinski definition) is 1. The van der Waals surface area contributed by atoms with Crippen molar-refractivity contribution in [1.29, 1.82) is 0 Å². The molecule has 0 aromatic rings. The van der Waals surface area contributed by atoms with Crippen LogP contribution in [-0.2, 0) is 9.53 Å². The molecule has 2 atom stereocenters. The minimum atomic E-state index is -0.768. The van der Waals surface area contributed by atoms with E-state index in [2.05, 4.69) is 13.8 Å². The fraction of sp³-hybridized carbons (Fsp3) is 0.941. The number of carbonyl (C=O) groups excluding carboxylic acids is 1. The van der Waals surface area contributed by atoms with Gasteiger partial charge in [-0.25, -0.2) is 0 Å². The molecule has 0 heterocycles. The second kappa shape index (κ2) is 7.50. The highest BCUT2D eigenvalue weighted by atomic mass is 35.5. The van der Waals surface area contributed by atoms with Crippen LogP contribution in [0.5, 0.6) is 0 Å². The van der Waals surface area contributed by atoms with Crippen LogP contribution in [0.25, 0.3) is 0 Å². The zero-order valence-electron chi connectivity index (χ0n) is 14.6. The first-order valence-electron chi connectivity index (χ1n) is 8.49. The minimum Gasteiger partial charge on any atom is -0.378 e. The lowest BCUT2D eigenvalue weighted by Crippen LogP contribution is -2.75. The summed E-state index contributed by atoms with van der Waals surface area (Å²) in [7, 11) is 1.91. The van der Waals surface area contributed by atoms with Crippen LogP contribution >= 0.6 is 12.4 Å². The van der Waals surface area contributed by atoms with Gasteiger partial charge >= 0.3 is 0 Å². The number of nitrogens with zero attached hydrogens (tertiary/aromatic N) is 1. The Kier molecular flexibility index (Phi) is 6.72. The molecule has 0 bridgehead atoms. The summed E-state index contributed by atoms with van der Waals surface area (Å²) in [5, 5.41) is 0. The maximum absolute atomic E-state index is 12.8. The van der Waals surface area contributed by atoms with Crippen molar-refractivity contribution >= 4 is 18.3 Å². The highest BCUT2D eigenvalue weighted by molar-refractivity contribution is 5.88. The summed E-state index contributed by atoms with van der Waals surface area (Å²) in [5.74, 6) is 0.746. The van der Waals surface area contributed by atoms with Gasteiger partial charge < -0.3 is 15.4 Å². The molecule has 0 aliphatic heterocycles. The van der Waals surface area contributed by atoms with Gasteiger partial charge in [-0.05, 0) is 25.7 Å². The third-order valence-electron chi connectivity index (χ3n) is 5.82. The van der Waals surface area contributed by atoms with Crippen LogP contribution in [0.2, 0.25) is 0 Å². The van der Waals surface area contributed by atoms with Crippen LogP contribution in [0.3, 0.4) is 0 Å². The maximum atomic E-state index is 12.8. The van der Waals surface area contributed by atoms with E-state index in [-0.39, 0.29) is 29.8 Å². The average Bonchev–Trinajstić information content (AvgIpc) is 2.47. The minimum absolute atomic E-state index is 0. The molecule has 0 aromatic heterocycles. The van der Waals surface area contributed by atoms with Crippen LogP contribution in [0.1, 0.15) is 59.3 Å². The second-order valence-corrected chi connectivity index (χ2v) is 7.53. The number of halogens is 1. The van der Waals surface area contributed by atoms with E-state index in [0.29, 0.717) is 18.9 Å². The van der Waals surface area contributed by atoms with Gasteiger partial charge in [-0.15, -0.1) is 12.4 Å². The Hall–Kier alpha value is -0.320. The molecule has 2 saturated carbocycles. The van der Waals surface area contributed by atoms with Crippen molar-refractivity contribution < 1.29 is 9.53 Å². The summed E-state index contributed by atoms with van der Waals surface area (Å²) in [6, 6.07) is 0. The van der Waals surface area contributed by atoms with Gasteiger partial charge in [0.15, 0.2) is 0 Å². The molecule has 2 aliphatic rings. The van der Waals surface area contributed by atoms with Crippen molar-refractivity contribution in [2.45, 2.75) is 70.9 Å². The zero-order valence-corrected chi connectivity index (χ0v) is 15.4. The lowest BCUT2D eigenvalue weighted by molar-refractivity contribution is -0.178. The van der Waals surface area contributed by atoms with E-state index in [1.165, 1.54) is 32.1 Å². The van der Waals surface area contributed by atoms with Crippen molar-refractivity contribution in [1.82, 2.24) is 4.90 Å². The molecule has 2 N–H and O–H groups in total. The molecular weight excluding hydrogens is 300 g/mol. The normalized spacial score (nSPS) is 31.0. The third kappa shape index (κ3) is 3.44. The smallest absolute Gasteiger partial charge is 0.243 e. The van der Waals surface area contributed by atoms with E-state index in [9.17, 15) is 4.79 Å². The van der Waals surface area contributed by atoms with Crippen molar-refractivity contribution in [3.63, 3.8) is 0 Å². The fourth-order valence-corrected chi connectivity index (χ4v) is 3.98. The molecule has 5 heteroatoms. The number of amides is 1. The molecule has 0 saturated heterocycles. The first-order chi connectivity index (χ1) is 9.83. The number of rotatable bonds is 5. The highest BCUT2D eigenvalue weighted by Crippen LogP contribution is 2.50. The van der Waals surface area contributed by atoms with Crippen molar-refractivity contribution in [2.75, 3.05) is 20.2 Å². The van der Waals surface area contributed by atoms with Crippen LogP contribution in [0.4, 0.5) is 0 Å². The fourth-order valence-electron chi connectivity index (χ4n) is 3.98. The van der Waals surface area contributed by atoms with Gasteiger partial charge in [-0.3, -0.25) is 4.79 Å². The zero-order chi connectivity index (χ0) is 15.7. The monoisotopic (exact) mass is 332 g/mol. The maximum Gasteiger partial charge on any atom is 0.243 e. The summed E-state index contributed by atoms with van der Waals surface area (Å²) in [6.07, 6.45) is 7.19. The van der Waals surface area contributed by atoms with Crippen LogP contribution in [-0.4, -0.2) is 42.6 Å². The van der Waals surface area contributed by atoms with E-state index < -0.39 is 5.54 Å². The van der Waals surface area contributed by atoms with Crippen LogP contribution < -0.4 is 5.73 Å². The average molecular weight is 333 g/mol. The Bertz CT molecular complexity index is 383. The summed E-state index contributed by atoms with van der Waals surface area (Å²) in [6.45, 7) is 7.64. The van der Waals surface area contributed by atoms with Crippen molar-refractivity contribution in [2.24, 2.45) is 17.1 Å². The third-order valence-corrected chi connectivity index (χ3v) is 5.82. The number of hydrogen-bond acceptors (Lipinski definition) is 3. The first-order valence-corrected chi connectivity index (χ1v) is 8.49. The predicted octanol–water partition coefficient (Wildman–Crippen LogP) is 2.98. The summed E-state index contributed by atoms with van der Waals surface area (Å²) in [4.78, 5) is 14.7. The van der Waals surface area contributed by atoms with Gasteiger partial charge in [0.05, 0.1) is 6.10 Å². The van der Waals surface area contributed by atoms with E-state index in [1.807, 2.05) is 18.9 Å². The van der Waals surface area contributed by atoms with Gasteiger partial charge in [0.25, 0.3) is 0 Å². The first kappa shape index (κ1) is 19.7. The number of ether oxygens (including phenoxy) is 1. The molecule has 0 radical (unpaired) electrons. The Morgan fingerprint density at radius 2 is 1.86 bits per heavy atom. The standard InChI is InChI=1S/C17H32N2O2.ClH/c1-5-21-14-11-17(18,16(14,2)3)15(20)19(4)12-13-9-7-6-8-10-13;/h13-14H,5-12,18H2,1-4H3;1H. The SMILES string of the molecule is CCOC1CC(N)(C(=O)N(C)CC2CCCCC2)C1(C)C.Cl. The van der Waals surface area contributed by atoms with E-state index >= 15 is 0 Å². The summed E-state index contributed by atoms with van der Waals surface area (Å²) in [5.41, 5.74) is 5.42. The second-order valence-electron chi connectivity index (χ2n) is 7.53. The quantitative estimate of drug-likeness (QED) is 0.842. The van der Waals surface area contributed by atoms with E-state index in [4.69, 9.17) is 10.5 Å². The van der Waals surface area contributed by atoms with Gasteiger partial charge in [0.1, 0.15) is 5.54 Å². The molecule has 2 fully saturated rings. The van der Waals surface area contributed by atoms with Gasteiger partial charge in [-0.1, -0.05) is 33.1 Å². The largest absolute Gasteiger partial charge is 0.378 e. The van der Waals surface area contributed by atoms with Crippen LogP contribution in [0.15, 0.2) is 0 Å². The van der Waals surface area contributed by atoms with Gasteiger partial charge in [0, 0.05) is 32.0 Å².